The van der Waals surface area contributed by atoms with Gasteiger partial charge in [-0.3, -0.25) is 4.79 Å². The maximum Gasteiger partial charge on any atom is 0.253 e. The Morgan fingerprint density at radius 2 is 1.83 bits per heavy atom. The van der Waals surface area contributed by atoms with Crippen molar-refractivity contribution in [2.24, 2.45) is 0 Å². The smallest absolute Gasteiger partial charge is 0.253 e. The third-order valence-corrected chi connectivity index (χ3v) is 5.16. The Balaban J connectivity index is 0.00000256. The molecule has 2 aromatic carbocycles. The van der Waals surface area contributed by atoms with Gasteiger partial charge in [-0.05, 0) is 24.3 Å². The molecule has 4 rings (SSSR count). The van der Waals surface area contributed by atoms with Crippen LogP contribution < -0.4 is 15.4 Å². The molecule has 1 fully saturated rings. The highest BCUT2D eigenvalue weighted by Gasteiger charge is 2.24. The van der Waals surface area contributed by atoms with E-state index in [2.05, 4.69) is 9.97 Å². The Morgan fingerprint density at radius 1 is 1.13 bits per heavy atom. The monoisotopic (exact) mass is 429 g/mol. The van der Waals surface area contributed by atoms with Crippen molar-refractivity contribution < 1.29 is 14.6 Å². The Labute approximate surface area is 180 Å². The second-order valence-electron chi connectivity index (χ2n) is 6.89. The van der Waals surface area contributed by atoms with Gasteiger partial charge in [0.1, 0.15) is 11.6 Å². The topological polar surface area (TPSA) is 105 Å². The molecule has 2 heterocycles. The van der Waals surface area contributed by atoms with Crippen molar-refractivity contribution in [3.63, 3.8) is 0 Å². The maximum absolute atomic E-state index is 12.6. The van der Waals surface area contributed by atoms with E-state index >= 15 is 0 Å². The molecule has 0 spiro atoms. The van der Waals surface area contributed by atoms with Gasteiger partial charge in [0, 0.05) is 42.7 Å². The van der Waals surface area contributed by atoms with Crippen LogP contribution in [0.4, 0.5) is 11.8 Å². The summed E-state index contributed by atoms with van der Waals surface area (Å²) in [6, 6.07) is 12.8. The number of halogens is 1. The number of anilines is 2. The molecule has 30 heavy (non-hydrogen) atoms. The molecular weight excluding hydrogens is 406 g/mol. The van der Waals surface area contributed by atoms with Crippen molar-refractivity contribution in [2.75, 3.05) is 43.9 Å². The van der Waals surface area contributed by atoms with E-state index in [-0.39, 0.29) is 24.9 Å². The van der Waals surface area contributed by atoms with Crippen LogP contribution in [0.1, 0.15) is 15.9 Å². The summed E-state index contributed by atoms with van der Waals surface area (Å²) in [5.41, 5.74) is 8.16. The van der Waals surface area contributed by atoms with E-state index in [0.717, 1.165) is 0 Å². The van der Waals surface area contributed by atoms with Crippen molar-refractivity contribution in [3.05, 3.63) is 53.6 Å². The van der Waals surface area contributed by atoms with Gasteiger partial charge in [0.05, 0.1) is 19.2 Å². The molecule has 1 amide bonds. The lowest BCUT2D eigenvalue weighted by atomic mass is 10.1. The van der Waals surface area contributed by atoms with Gasteiger partial charge in [0.2, 0.25) is 5.95 Å². The number of methoxy groups -OCH3 is 1. The molecule has 1 saturated heterocycles. The number of amides is 1. The molecule has 9 heteroatoms. The third kappa shape index (κ3) is 4.10. The number of hydrogen-bond acceptors (Lipinski definition) is 7. The van der Waals surface area contributed by atoms with Crippen LogP contribution in [0.5, 0.6) is 5.75 Å². The summed E-state index contributed by atoms with van der Waals surface area (Å²) in [6.07, 6.45) is 0. The lowest BCUT2D eigenvalue weighted by Crippen LogP contribution is -2.49. The molecule has 0 saturated carbocycles. The summed E-state index contributed by atoms with van der Waals surface area (Å²) in [5.74, 6) is 1.46. The zero-order valence-electron chi connectivity index (χ0n) is 16.6. The first-order valence-corrected chi connectivity index (χ1v) is 9.45. The Morgan fingerprint density at radius 3 is 2.47 bits per heavy atom. The number of carbonyl (C=O) groups excluding carboxylic acids is 1. The van der Waals surface area contributed by atoms with Crippen LogP contribution in [0, 0.1) is 0 Å². The standard InChI is InChI=1S/C21H23N5O3.ClH/c1-29-18-12-16-17(11-15(18)13-27)23-21(24-19(16)22)26-9-7-25(8-10-26)20(28)14-5-3-2-4-6-14;/h2-6,11-12,27H,7-10,13H2,1H3,(H2,22,23,24);1H. The van der Waals surface area contributed by atoms with Gasteiger partial charge in [0.25, 0.3) is 5.91 Å². The van der Waals surface area contributed by atoms with Gasteiger partial charge >= 0.3 is 0 Å². The Bertz CT molecular complexity index is 1040. The fourth-order valence-electron chi connectivity index (χ4n) is 3.54. The highest BCUT2D eigenvalue weighted by atomic mass is 35.5. The number of aliphatic hydroxyl groups excluding tert-OH is 1. The molecule has 3 N–H and O–H groups in total. The number of rotatable bonds is 4. The zero-order chi connectivity index (χ0) is 20.4. The van der Waals surface area contributed by atoms with Crippen molar-refractivity contribution in [3.8, 4) is 5.75 Å². The molecule has 1 aromatic heterocycles. The highest BCUT2D eigenvalue weighted by Crippen LogP contribution is 2.29. The number of nitrogens with two attached hydrogens (primary N) is 1. The van der Waals surface area contributed by atoms with Crippen LogP contribution in [0.2, 0.25) is 0 Å². The van der Waals surface area contributed by atoms with Gasteiger partial charge in [-0.25, -0.2) is 4.98 Å². The predicted octanol–water partition coefficient (Wildman–Crippen LogP) is 2.10. The summed E-state index contributed by atoms with van der Waals surface area (Å²) < 4.78 is 5.30. The van der Waals surface area contributed by atoms with E-state index in [1.54, 1.807) is 19.2 Å². The quantitative estimate of drug-likeness (QED) is 0.654. The fourth-order valence-corrected chi connectivity index (χ4v) is 3.54. The highest BCUT2D eigenvalue weighted by molar-refractivity contribution is 5.94. The SMILES string of the molecule is COc1cc2c(N)nc(N3CCN(C(=O)c4ccccc4)CC3)nc2cc1CO.Cl. The van der Waals surface area contributed by atoms with Gasteiger partial charge in [-0.15, -0.1) is 12.4 Å². The first-order chi connectivity index (χ1) is 14.1. The predicted molar refractivity (Wildman–Crippen MR) is 118 cm³/mol. The fraction of sp³-hybridized carbons (Fsp3) is 0.286. The molecule has 158 valence electrons. The number of fused-ring (bicyclic) bond motifs is 1. The number of ether oxygens (including phenoxy) is 1. The second-order valence-corrected chi connectivity index (χ2v) is 6.89. The number of nitrogen functional groups attached to an aromatic ring is 1. The Kier molecular flexibility index (Phi) is 6.59. The van der Waals surface area contributed by atoms with Crippen molar-refractivity contribution in [1.29, 1.82) is 0 Å². The molecule has 0 aliphatic carbocycles. The molecule has 0 atom stereocenters. The zero-order valence-corrected chi connectivity index (χ0v) is 17.4. The minimum atomic E-state index is -0.154. The van der Waals surface area contributed by atoms with Crippen LogP contribution >= 0.6 is 12.4 Å². The first-order valence-electron chi connectivity index (χ1n) is 9.45. The molecule has 1 aliphatic rings. The van der Waals surface area contributed by atoms with E-state index in [0.29, 0.717) is 65.7 Å². The van der Waals surface area contributed by atoms with E-state index in [1.165, 1.54) is 0 Å². The molecule has 1 aliphatic heterocycles. The second kappa shape index (κ2) is 9.15. The minimum absolute atomic E-state index is 0. The van der Waals surface area contributed by atoms with Gasteiger partial charge in [-0.2, -0.15) is 4.98 Å². The molecule has 3 aromatic rings. The lowest BCUT2D eigenvalue weighted by Gasteiger charge is -2.35. The van der Waals surface area contributed by atoms with Crippen molar-refractivity contribution >= 4 is 41.0 Å². The van der Waals surface area contributed by atoms with Gasteiger partial charge in [-0.1, -0.05) is 18.2 Å². The van der Waals surface area contributed by atoms with Crippen LogP contribution in [0.15, 0.2) is 42.5 Å². The van der Waals surface area contributed by atoms with E-state index in [4.69, 9.17) is 10.5 Å². The largest absolute Gasteiger partial charge is 0.496 e. The molecule has 0 unspecified atom stereocenters. The van der Waals surface area contributed by atoms with Crippen LogP contribution in [0.3, 0.4) is 0 Å². The summed E-state index contributed by atoms with van der Waals surface area (Å²) in [5, 5.41) is 10.3. The summed E-state index contributed by atoms with van der Waals surface area (Å²) in [4.78, 5) is 25.6. The normalized spacial score (nSPS) is 13.8. The molecule has 0 bridgehead atoms. The van der Waals surface area contributed by atoms with Crippen molar-refractivity contribution in [1.82, 2.24) is 14.9 Å². The molecule has 0 radical (unpaired) electrons. The summed E-state index contributed by atoms with van der Waals surface area (Å²) in [6.45, 7) is 2.25. The number of aromatic nitrogens is 2. The van der Waals surface area contributed by atoms with Crippen LogP contribution in [0.25, 0.3) is 10.9 Å². The number of aliphatic hydroxyl groups is 1. The van der Waals surface area contributed by atoms with Crippen molar-refractivity contribution in [2.45, 2.75) is 6.61 Å². The summed E-state index contributed by atoms with van der Waals surface area (Å²) in [7, 11) is 1.54. The lowest BCUT2D eigenvalue weighted by molar-refractivity contribution is 0.0746. The number of hydrogen-bond donors (Lipinski definition) is 2. The maximum atomic E-state index is 12.6. The average Bonchev–Trinajstić information content (AvgIpc) is 2.78. The molecule has 8 nitrogen and oxygen atoms in total. The summed E-state index contributed by atoms with van der Waals surface area (Å²) >= 11 is 0. The number of benzene rings is 2. The van der Waals surface area contributed by atoms with E-state index in [9.17, 15) is 9.90 Å². The van der Waals surface area contributed by atoms with Gasteiger partial charge in [0.15, 0.2) is 0 Å². The Hall–Kier alpha value is -3.10. The first kappa shape index (κ1) is 21.6. The van der Waals surface area contributed by atoms with E-state index in [1.807, 2.05) is 40.1 Å². The minimum Gasteiger partial charge on any atom is -0.496 e. The number of nitrogens with zero attached hydrogens (tertiary/aromatic N) is 4. The van der Waals surface area contributed by atoms with Crippen LogP contribution in [-0.4, -0.2) is 59.2 Å². The van der Waals surface area contributed by atoms with Crippen LogP contribution in [-0.2, 0) is 6.61 Å². The number of carbonyl (C=O) groups is 1. The van der Waals surface area contributed by atoms with E-state index < -0.39 is 0 Å². The average molecular weight is 430 g/mol. The molecular formula is C21H24ClN5O3. The number of piperazine rings is 1. The van der Waals surface area contributed by atoms with Gasteiger partial charge < -0.3 is 25.4 Å². The third-order valence-electron chi connectivity index (χ3n) is 5.16.